The summed E-state index contributed by atoms with van der Waals surface area (Å²) < 4.78 is 13.2. The molecule has 1 aliphatic carbocycles. The van der Waals surface area contributed by atoms with Crippen molar-refractivity contribution >= 4 is 0 Å². The third kappa shape index (κ3) is 3.04. The van der Waals surface area contributed by atoms with E-state index < -0.39 is 0 Å². The van der Waals surface area contributed by atoms with Crippen molar-refractivity contribution in [3.63, 3.8) is 0 Å². The number of rotatable bonds is 4. The second-order valence-corrected chi connectivity index (χ2v) is 6.41. The fourth-order valence-corrected chi connectivity index (χ4v) is 3.35. The Balaban J connectivity index is 1.71. The van der Waals surface area contributed by atoms with E-state index in [0.29, 0.717) is 12.1 Å². The first kappa shape index (κ1) is 14.0. The molecule has 1 saturated heterocycles. The third-order valence-corrected chi connectivity index (χ3v) is 4.90. The van der Waals surface area contributed by atoms with Gasteiger partial charge in [0, 0.05) is 31.7 Å². The van der Waals surface area contributed by atoms with Crippen LogP contribution in [0.15, 0.2) is 18.2 Å². The van der Waals surface area contributed by atoms with Crippen molar-refractivity contribution < 1.29 is 4.39 Å². The van der Waals surface area contributed by atoms with E-state index in [0.717, 1.165) is 31.1 Å². The number of halogens is 1. The molecule has 1 N–H and O–H groups in total. The molecule has 0 amide bonds. The number of hydrogen-bond acceptors (Lipinski definition) is 2. The Labute approximate surface area is 121 Å². The van der Waals surface area contributed by atoms with Gasteiger partial charge in [0.2, 0.25) is 0 Å². The topological polar surface area (TPSA) is 15.3 Å². The lowest BCUT2D eigenvalue weighted by Gasteiger charge is -2.40. The number of hydrogen-bond donors (Lipinski definition) is 1. The van der Waals surface area contributed by atoms with Crippen LogP contribution in [-0.2, 0) is 6.54 Å². The summed E-state index contributed by atoms with van der Waals surface area (Å²) in [6.07, 6.45) is 3.94. The average Bonchev–Trinajstić information content (AvgIpc) is 3.26. The Bertz CT molecular complexity index is 470. The summed E-state index contributed by atoms with van der Waals surface area (Å²) in [4.78, 5) is 2.60. The molecule has 1 aromatic carbocycles. The first-order valence-corrected chi connectivity index (χ1v) is 7.90. The predicted molar refractivity (Wildman–Crippen MR) is 80.1 cm³/mol. The van der Waals surface area contributed by atoms with Crippen LogP contribution in [0.5, 0.6) is 0 Å². The summed E-state index contributed by atoms with van der Waals surface area (Å²) in [7, 11) is 0. The van der Waals surface area contributed by atoms with Gasteiger partial charge < -0.3 is 5.32 Å². The van der Waals surface area contributed by atoms with Crippen molar-refractivity contribution in [1.29, 1.82) is 0 Å². The minimum absolute atomic E-state index is 0.130. The summed E-state index contributed by atoms with van der Waals surface area (Å²) in [6.45, 7) is 7.46. The fourth-order valence-electron chi connectivity index (χ4n) is 3.35. The molecule has 0 radical (unpaired) electrons. The first-order valence-electron chi connectivity index (χ1n) is 7.90. The van der Waals surface area contributed by atoms with Gasteiger partial charge in [0.05, 0.1) is 0 Å². The van der Waals surface area contributed by atoms with Crippen molar-refractivity contribution in [1.82, 2.24) is 10.2 Å². The highest BCUT2D eigenvalue weighted by Gasteiger charge is 2.36. The predicted octanol–water partition coefficient (Wildman–Crippen LogP) is 3.10. The molecule has 2 nitrogen and oxygen atoms in total. The molecule has 1 heterocycles. The first-order chi connectivity index (χ1) is 9.67. The average molecular weight is 276 g/mol. The molecule has 3 rings (SSSR count). The molecule has 3 heteroatoms. The molecule has 0 spiro atoms. The molecule has 110 valence electrons. The summed E-state index contributed by atoms with van der Waals surface area (Å²) in [6, 6.07) is 6.46. The van der Waals surface area contributed by atoms with Crippen molar-refractivity contribution in [2.75, 3.05) is 13.1 Å². The van der Waals surface area contributed by atoms with Crippen molar-refractivity contribution in [2.24, 2.45) is 5.92 Å². The smallest absolute Gasteiger partial charge is 0.123 e. The molecule has 2 aliphatic rings. The van der Waals surface area contributed by atoms with E-state index in [1.807, 2.05) is 13.0 Å². The van der Waals surface area contributed by atoms with Gasteiger partial charge in [-0.15, -0.1) is 0 Å². The van der Waals surface area contributed by atoms with Crippen LogP contribution in [0.3, 0.4) is 0 Å². The van der Waals surface area contributed by atoms with E-state index in [4.69, 9.17) is 0 Å². The number of benzene rings is 1. The van der Waals surface area contributed by atoms with E-state index >= 15 is 0 Å². The zero-order valence-corrected chi connectivity index (χ0v) is 12.5. The van der Waals surface area contributed by atoms with Gasteiger partial charge in [-0.3, -0.25) is 4.90 Å². The number of aryl methyl sites for hydroxylation is 1. The molecule has 2 unspecified atom stereocenters. The molecule has 1 aliphatic heterocycles. The maximum Gasteiger partial charge on any atom is 0.123 e. The minimum Gasteiger partial charge on any atom is -0.311 e. The summed E-state index contributed by atoms with van der Waals surface area (Å²) in [5, 5.41) is 3.72. The third-order valence-electron chi connectivity index (χ3n) is 4.90. The lowest BCUT2D eigenvalue weighted by atomic mass is 10.0. The van der Waals surface area contributed by atoms with E-state index in [1.165, 1.54) is 24.8 Å². The van der Waals surface area contributed by atoms with Crippen LogP contribution >= 0.6 is 0 Å². The lowest BCUT2D eigenvalue weighted by Crippen LogP contribution is -2.56. The highest BCUT2D eigenvalue weighted by Crippen LogP contribution is 2.34. The van der Waals surface area contributed by atoms with Gasteiger partial charge in [0.15, 0.2) is 0 Å². The molecule has 2 fully saturated rings. The van der Waals surface area contributed by atoms with E-state index in [-0.39, 0.29) is 5.82 Å². The van der Waals surface area contributed by atoms with E-state index in [1.54, 1.807) is 12.1 Å². The van der Waals surface area contributed by atoms with Crippen LogP contribution in [0.1, 0.15) is 37.3 Å². The molecular formula is C17H25FN2. The fraction of sp³-hybridized carbons (Fsp3) is 0.647. The van der Waals surface area contributed by atoms with Crippen LogP contribution in [0.25, 0.3) is 0 Å². The molecule has 0 aromatic heterocycles. The summed E-state index contributed by atoms with van der Waals surface area (Å²) in [5.41, 5.74) is 2.34. The minimum atomic E-state index is -0.130. The van der Waals surface area contributed by atoms with Gasteiger partial charge in [-0.1, -0.05) is 13.0 Å². The molecular weight excluding hydrogens is 251 g/mol. The Hall–Kier alpha value is -0.930. The Morgan fingerprint density at radius 2 is 2.15 bits per heavy atom. The van der Waals surface area contributed by atoms with Crippen LogP contribution in [0, 0.1) is 18.7 Å². The van der Waals surface area contributed by atoms with Gasteiger partial charge >= 0.3 is 0 Å². The van der Waals surface area contributed by atoms with Crippen LogP contribution in [0.4, 0.5) is 4.39 Å². The number of nitrogens with zero attached hydrogens (tertiary/aromatic N) is 1. The maximum atomic E-state index is 13.2. The summed E-state index contributed by atoms with van der Waals surface area (Å²) in [5.74, 6) is 0.763. The standard InChI is InChI=1S/C17H25FN2/c1-3-16-9-19-17(13-4-5-13)11-20(16)10-14-6-7-15(18)8-12(14)2/h6-8,13,16-17,19H,3-5,9-11H2,1-2H3. The molecule has 2 atom stereocenters. The molecule has 1 saturated carbocycles. The number of nitrogens with one attached hydrogen (secondary N) is 1. The second kappa shape index (κ2) is 5.82. The van der Waals surface area contributed by atoms with Crippen molar-refractivity contribution in [2.45, 2.75) is 51.7 Å². The van der Waals surface area contributed by atoms with Crippen LogP contribution in [0.2, 0.25) is 0 Å². The molecule has 0 bridgehead atoms. The highest BCUT2D eigenvalue weighted by atomic mass is 19.1. The van der Waals surface area contributed by atoms with Gasteiger partial charge in [0.25, 0.3) is 0 Å². The largest absolute Gasteiger partial charge is 0.311 e. The Kier molecular flexibility index (Phi) is 4.08. The van der Waals surface area contributed by atoms with Crippen LogP contribution in [-0.4, -0.2) is 30.1 Å². The molecule has 1 aromatic rings. The monoisotopic (exact) mass is 276 g/mol. The van der Waals surface area contributed by atoms with Gasteiger partial charge in [-0.25, -0.2) is 4.39 Å². The Morgan fingerprint density at radius 3 is 2.80 bits per heavy atom. The van der Waals surface area contributed by atoms with E-state index in [2.05, 4.69) is 17.1 Å². The van der Waals surface area contributed by atoms with Gasteiger partial charge in [0.1, 0.15) is 5.82 Å². The zero-order valence-electron chi connectivity index (χ0n) is 12.5. The molecule has 20 heavy (non-hydrogen) atoms. The number of piperazine rings is 1. The van der Waals surface area contributed by atoms with Gasteiger partial charge in [-0.05, 0) is 55.4 Å². The Morgan fingerprint density at radius 1 is 1.35 bits per heavy atom. The lowest BCUT2D eigenvalue weighted by molar-refractivity contribution is 0.111. The second-order valence-electron chi connectivity index (χ2n) is 6.41. The summed E-state index contributed by atoms with van der Waals surface area (Å²) >= 11 is 0. The van der Waals surface area contributed by atoms with Crippen molar-refractivity contribution in [3.05, 3.63) is 35.1 Å². The normalized spacial score (nSPS) is 27.8. The van der Waals surface area contributed by atoms with Crippen molar-refractivity contribution in [3.8, 4) is 0 Å². The van der Waals surface area contributed by atoms with Crippen LogP contribution < -0.4 is 5.32 Å². The zero-order chi connectivity index (χ0) is 14.1. The SMILES string of the molecule is CCC1CNC(C2CC2)CN1Cc1ccc(F)cc1C. The van der Waals surface area contributed by atoms with E-state index in [9.17, 15) is 4.39 Å². The highest BCUT2D eigenvalue weighted by molar-refractivity contribution is 5.26. The van der Waals surface area contributed by atoms with Gasteiger partial charge in [-0.2, -0.15) is 0 Å². The maximum absolute atomic E-state index is 13.2. The quantitative estimate of drug-likeness (QED) is 0.909.